The zero-order valence-electron chi connectivity index (χ0n) is 31.9. The third kappa shape index (κ3) is 9.35. The monoisotopic (exact) mass is 739 g/mol. The fourth-order valence-corrected chi connectivity index (χ4v) is 8.34. The number of piperidine rings is 1. The maximum Gasteiger partial charge on any atom is 0.255 e. The number of nitrogens with zero attached hydrogens (tertiary/aromatic N) is 3. The van der Waals surface area contributed by atoms with Crippen molar-refractivity contribution in [3.05, 3.63) is 130 Å². The summed E-state index contributed by atoms with van der Waals surface area (Å²) in [5.41, 5.74) is 9.94. The van der Waals surface area contributed by atoms with Crippen LogP contribution in [0.25, 0.3) is 11.1 Å². The van der Waals surface area contributed by atoms with Crippen molar-refractivity contribution in [2.75, 3.05) is 51.1 Å². The van der Waals surface area contributed by atoms with Crippen LogP contribution in [0.15, 0.2) is 97.1 Å². The van der Waals surface area contributed by atoms with E-state index in [2.05, 4.69) is 82.0 Å². The summed E-state index contributed by atoms with van der Waals surface area (Å²) in [7, 11) is 0. The van der Waals surface area contributed by atoms with E-state index in [1.807, 2.05) is 30.3 Å². The second-order valence-electron chi connectivity index (χ2n) is 15.0. The van der Waals surface area contributed by atoms with Gasteiger partial charge >= 0.3 is 0 Å². The average Bonchev–Trinajstić information content (AvgIpc) is 3.35. The number of anilines is 1. The van der Waals surface area contributed by atoms with Gasteiger partial charge in [0.15, 0.2) is 0 Å². The summed E-state index contributed by atoms with van der Waals surface area (Å²) in [5.74, 6) is -0.517. The summed E-state index contributed by atoms with van der Waals surface area (Å²) in [6.45, 7) is 10.0. The number of carbonyl (C=O) groups is 3. The maximum absolute atomic E-state index is 13.0. The molecule has 0 aliphatic carbocycles. The third-order valence-corrected chi connectivity index (χ3v) is 11.3. The van der Waals surface area contributed by atoms with Crippen LogP contribution < -0.4 is 10.6 Å². The minimum absolute atomic E-state index is 0.139. The number of rotatable bonds is 14. The molecule has 2 fully saturated rings. The van der Waals surface area contributed by atoms with Crippen molar-refractivity contribution in [2.45, 2.75) is 64.5 Å². The Balaban J connectivity index is 0.851. The minimum Gasteiger partial charge on any atom is -0.508 e. The zero-order chi connectivity index (χ0) is 38.1. The molecule has 4 aromatic carbocycles. The number of nitrogens with one attached hydrogen (secondary N) is 2. The largest absolute Gasteiger partial charge is 0.508 e. The minimum atomic E-state index is -0.591. The number of aryl methyl sites for hydroxylation is 1. The molecule has 55 heavy (non-hydrogen) atoms. The molecular weight excluding hydrogens is 687 g/mol. The van der Waals surface area contributed by atoms with Gasteiger partial charge in [0.25, 0.3) is 5.91 Å². The van der Waals surface area contributed by atoms with Gasteiger partial charge in [0, 0.05) is 43.9 Å². The van der Waals surface area contributed by atoms with E-state index in [9.17, 15) is 19.5 Å². The van der Waals surface area contributed by atoms with Gasteiger partial charge in [0.05, 0.1) is 0 Å². The molecule has 0 radical (unpaired) electrons. The Morgan fingerprint density at radius 3 is 2.18 bits per heavy atom. The van der Waals surface area contributed by atoms with Crippen molar-refractivity contribution in [3.63, 3.8) is 0 Å². The molecular formula is C46H53N5O4. The Morgan fingerprint density at radius 1 is 0.800 bits per heavy atom. The van der Waals surface area contributed by atoms with Crippen molar-refractivity contribution in [3.8, 4) is 5.75 Å². The van der Waals surface area contributed by atoms with Gasteiger partial charge in [-0.05, 0) is 134 Å². The standard InChI is InChI=1S/C46H53N5O4/c1-2-40(34-10-4-3-5-11-34)44(36-16-19-39(52)20-17-36)35-14-12-33(13-15-35)9-6-25-49-27-8-28-50(30-29-49)26-7-24-47-38-18-21-41-37(31-38)32-51(46(41)55)42-22-23-43(53)48-45(42)54/h3-5,10-21,31,42,47,52H,2,6-9,22-30,32H2,1H3,(H,48,53,54). The van der Waals surface area contributed by atoms with Gasteiger partial charge in [0.2, 0.25) is 11.8 Å². The summed E-state index contributed by atoms with van der Waals surface area (Å²) < 4.78 is 0. The molecule has 286 valence electrons. The first-order valence-corrected chi connectivity index (χ1v) is 20.0. The fourth-order valence-electron chi connectivity index (χ4n) is 8.34. The van der Waals surface area contributed by atoms with Gasteiger partial charge in [-0.3, -0.25) is 19.7 Å². The van der Waals surface area contributed by atoms with Crippen molar-refractivity contribution < 1.29 is 19.5 Å². The van der Waals surface area contributed by atoms with Crippen molar-refractivity contribution >= 4 is 34.6 Å². The van der Waals surface area contributed by atoms with Crippen LogP contribution in [0.3, 0.4) is 0 Å². The van der Waals surface area contributed by atoms with E-state index >= 15 is 0 Å². The Labute approximate surface area is 325 Å². The normalized spacial score (nSPS) is 18.5. The van der Waals surface area contributed by atoms with E-state index < -0.39 is 6.04 Å². The number of hydrogen-bond acceptors (Lipinski definition) is 7. The van der Waals surface area contributed by atoms with Crippen molar-refractivity contribution in [1.82, 2.24) is 20.0 Å². The highest BCUT2D eigenvalue weighted by Gasteiger charge is 2.39. The first kappa shape index (κ1) is 38.0. The van der Waals surface area contributed by atoms with Crippen LogP contribution in [0.5, 0.6) is 5.75 Å². The molecule has 2 saturated heterocycles. The van der Waals surface area contributed by atoms with Gasteiger partial charge < -0.3 is 25.1 Å². The van der Waals surface area contributed by atoms with E-state index in [1.165, 1.54) is 34.3 Å². The lowest BCUT2D eigenvalue weighted by Gasteiger charge is -2.29. The van der Waals surface area contributed by atoms with Crippen molar-refractivity contribution in [1.29, 1.82) is 0 Å². The first-order chi connectivity index (χ1) is 26.9. The van der Waals surface area contributed by atoms with Crippen LogP contribution >= 0.6 is 0 Å². The number of phenolic OH excluding ortho intramolecular Hbond substituents is 1. The molecule has 3 amide bonds. The van der Waals surface area contributed by atoms with Crippen LogP contribution in [-0.2, 0) is 22.6 Å². The van der Waals surface area contributed by atoms with Crippen LogP contribution in [-0.4, -0.2) is 89.4 Å². The third-order valence-electron chi connectivity index (χ3n) is 11.3. The molecule has 0 aromatic heterocycles. The number of benzene rings is 4. The number of allylic oxidation sites excluding steroid dienone is 1. The summed E-state index contributed by atoms with van der Waals surface area (Å²) in [4.78, 5) is 43.8. The zero-order valence-corrected chi connectivity index (χ0v) is 31.9. The molecule has 1 atom stereocenters. The first-order valence-electron chi connectivity index (χ1n) is 20.0. The molecule has 4 aromatic rings. The number of phenols is 1. The van der Waals surface area contributed by atoms with E-state index in [0.717, 1.165) is 88.3 Å². The summed E-state index contributed by atoms with van der Waals surface area (Å²) >= 11 is 0. The quantitative estimate of drug-likeness (QED) is 0.0730. The van der Waals surface area contributed by atoms with E-state index in [1.54, 1.807) is 17.0 Å². The highest BCUT2D eigenvalue weighted by Crippen LogP contribution is 2.35. The Kier molecular flexibility index (Phi) is 12.4. The van der Waals surface area contributed by atoms with Gasteiger partial charge in [-0.15, -0.1) is 0 Å². The topological polar surface area (TPSA) is 105 Å². The molecule has 3 N–H and O–H groups in total. The summed E-state index contributed by atoms with van der Waals surface area (Å²) in [6.07, 6.45) is 5.93. The Hall–Kier alpha value is -5.25. The van der Waals surface area contributed by atoms with E-state index in [0.29, 0.717) is 18.5 Å². The molecule has 3 heterocycles. The smallest absolute Gasteiger partial charge is 0.255 e. The average molecular weight is 740 g/mol. The molecule has 0 bridgehead atoms. The van der Waals surface area contributed by atoms with Crippen molar-refractivity contribution in [2.24, 2.45) is 0 Å². The maximum atomic E-state index is 13.0. The van der Waals surface area contributed by atoms with Crippen LogP contribution in [0, 0.1) is 0 Å². The van der Waals surface area contributed by atoms with Gasteiger partial charge in [0.1, 0.15) is 11.8 Å². The highest BCUT2D eigenvalue weighted by molar-refractivity contribution is 6.05. The second kappa shape index (κ2) is 17.9. The molecule has 9 heteroatoms. The number of amides is 3. The van der Waals surface area contributed by atoms with Gasteiger partial charge in [-0.25, -0.2) is 0 Å². The van der Waals surface area contributed by atoms with Gasteiger partial charge in [-0.2, -0.15) is 0 Å². The number of hydrogen-bond donors (Lipinski definition) is 3. The lowest BCUT2D eigenvalue weighted by molar-refractivity contribution is -0.136. The van der Waals surface area contributed by atoms with Gasteiger partial charge in [-0.1, -0.05) is 73.7 Å². The molecule has 3 aliphatic heterocycles. The molecule has 9 nitrogen and oxygen atoms in total. The highest BCUT2D eigenvalue weighted by atomic mass is 16.3. The predicted octanol–water partition coefficient (Wildman–Crippen LogP) is 6.96. The molecule has 0 spiro atoms. The number of carbonyl (C=O) groups excluding carboxylic acids is 3. The fraction of sp³-hybridized carbons (Fsp3) is 0.370. The van der Waals surface area contributed by atoms with E-state index in [4.69, 9.17) is 0 Å². The second-order valence-corrected chi connectivity index (χ2v) is 15.0. The molecule has 7 rings (SSSR count). The summed E-state index contributed by atoms with van der Waals surface area (Å²) in [5, 5.41) is 15.9. The Bertz CT molecular complexity index is 1990. The van der Waals surface area contributed by atoms with E-state index in [-0.39, 0.29) is 29.9 Å². The Morgan fingerprint density at radius 2 is 1.49 bits per heavy atom. The molecule has 3 aliphatic rings. The molecule has 0 saturated carbocycles. The molecule has 1 unspecified atom stereocenters. The lowest BCUT2D eigenvalue weighted by Crippen LogP contribution is -2.52. The van der Waals surface area contributed by atoms with Crippen LogP contribution in [0.2, 0.25) is 0 Å². The van der Waals surface area contributed by atoms with Crippen LogP contribution in [0.1, 0.15) is 83.6 Å². The number of fused-ring (bicyclic) bond motifs is 1. The number of aromatic hydroxyl groups is 1. The SMILES string of the molecule is CCC(=C(c1ccc(O)cc1)c1ccc(CCCN2CCCN(CCCNc3ccc4c(c3)CN(C3CCC(=O)NC3=O)C4=O)CC2)cc1)c1ccccc1. The summed E-state index contributed by atoms with van der Waals surface area (Å²) in [6, 6.07) is 32.5. The van der Waals surface area contributed by atoms with Crippen LogP contribution in [0.4, 0.5) is 5.69 Å². The number of imide groups is 1. The lowest BCUT2D eigenvalue weighted by atomic mass is 9.87. The predicted molar refractivity (Wildman–Crippen MR) is 219 cm³/mol.